The molecule has 10 heteroatoms. The van der Waals surface area contributed by atoms with Crippen molar-refractivity contribution in [1.82, 2.24) is 0 Å². The predicted octanol–water partition coefficient (Wildman–Crippen LogP) is 10.8. The highest BCUT2D eigenvalue weighted by molar-refractivity contribution is 7.88. The molecule has 0 atom stereocenters. The lowest BCUT2D eigenvalue weighted by molar-refractivity contribution is -0.0500. The molecule has 47 heavy (non-hydrogen) atoms. The van der Waals surface area contributed by atoms with Crippen molar-refractivity contribution in [3.63, 3.8) is 0 Å². The van der Waals surface area contributed by atoms with Crippen LogP contribution in [0.4, 0.5) is 47.3 Å². The topological polar surface area (TPSA) is 63.0 Å². The molecule has 234 valence electrons. The van der Waals surface area contributed by atoms with Crippen LogP contribution in [0.3, 0.4) is 0 Å². The summed E-state index contributed by atoms with van der Waals surface area (Å²) in [4.78, 5) is 3.76. The van der Waals surface area contributed by atoms with Gasteiger partial charge in [0, 0.05) is 45.7 Å². The molecule has 0 aliphatic rings. The Balaban J connectivity index is 1.51. The monoisotopic (exact) mass is 650 g/mol. The molecule has 0 radical (unpaired) electrons. The van der Waals surface area contributed by atoms with Gasteiger partial charge < -0.3 is 18.4 Å². The Kier molecular flexibility index (Phi) is 7.57. The predicted molar refractivity (Wildman–Crippen MR) is 179 cm³/mol. The maximum atomic E-state index is 13.5. The van der Waals surface area contributed by atoms with E-state index in [1.165, 1.54) is 12.1 Å². The molecular weight excluding hydrogens is 625 g/mol. The SMILES string of the molecule is O=S(=O)(Oc1ccc(N(c2ccccc2)c2ccccc2)c(N(c2ccccc2)c2ccc3c(c2)oc2ccccc23)c1)C(F)(F)F. The minimum absolute atomic E-state index is 0.342. The van der Waals surface area contributed by atoms with Gasteiger partial charge in [-0.15, -0.1) is 0 Å². The van der Waals surface area contributed by atoms with Crippen LogP contribution in [0.15, 0.2) is 156 Å². The number of benzene rings is 6. The number of fused-ring (bicyclic) bond motifs is 3. The average molecular weight is 651 g/mol. The molecule has 6 nitrogen and oxygen atoms in total. The lowest BCUT2D eigenvalue weighted by Crippen LogP contribution is -2.28. The first-order chi connectivity index (χ1) is 22.7. The minimum Gasteiger partial charge on any atom is -0.456 e. The van der Waals surface area contributed by atoms with Crippen LogP contribution in [0.25, 0.3) is 21.9 Å². The molecule has 0 saturated heterocycles. The Bertz CT molecular complexity index is 2250. The number of anilines is 6. The van der Waals surface area contributed by atoms with Gasteiger partial charge in [-0.2, -0.15) is 21.6 Å². The Labute approximate surface area is 268 Å². The molecule has 0 spiro atoms. The summed E-state index contributed by atoms with van der Waals surface area (Å²) in [5.74, 6) is -0.507. The molecule has 7 rings (SSSR count). The molecule has 0 fully saturated rings. The van der Waals surface area contributed by atoms with Gasteiger partial charge in [-0.05, 0) is 66.7 Å². The van der Waals surface area contributed by atoms with E-state index in [1.807, 2.05) is 143 Å². The number of alkyl halides is 3. The molecule has 1 aromatic heterocycles. The molecule has 6 aromatic carbocycles. The highest BCUT2D eigenvalue weighted by Gasteiger charge is 2.48. The van der Waals surface area contributed by atoms with Crippen LogP contribution in [0.2, 0.25) is 0 Å². The summed E-state index contributed by atoms with van der Waals surface area (Å²) in [5, 5.41) is 1.83. The summed E-state index contributed by atoms with van der Waals surface area (Å²) < 4.78 is 75.5. The molecule has 7 aromatic rings. The third-order valence-electron chi connectivity index (χ3n) is 7.58. The van der Waals surface area contributed by atoms with Crippen LogP contribution >= 0.6 is 0 Å². The maximum Gasteiger partial charge on any atom is 0.534 e. The van der Waals surface area contributed by atoms with E-state index in [1.54, 1.807) is 6.07 Å². The van der Waals surface area contributed by atoms with Crippen LogP contribution in [0, 0.1) is 0 Å². The van der Waals surface area contributed by atoms with Gasteiger partial charge in [-0.3, -0.25) is 0 Å². The van der Waals surface area contributed by atoms with Gasteiger partial charge in [0.15, 0.2) is 0 Å². The second-order valence-corrected chi connectivity index (χ2v) is 12.1. The standard InChI is InChI=1S/C37H25F3N2O4S/c38-37(39,40)47(43,44)46-30-21-23-33(41(26-12-4-1-5-13-26)27-14-6-2-7-15-27)34(25-30)42(28-16-8-3-9-17-28)29-20-22-32-31-18-10-11-19-35(31)45-36(32)24-29/h1-25H. The zero-order valence-electron chi connectivity index (χ0n) is 24.5. The molecule has 0 amide bonds. The van der Waals surface area contributed by atoms with Gasteiger partial charge in [0.1, 0.15) is 16.9 Å². The largest absolute Gasteiger partial charge is 0.534 e. The molecule has 0 N–H and O–H groups in total. The van der Waals surface area contributed by atoms with Gasteiger partial charge in [0.05, 0.1) is 11.4 Å². The molecule has 0 aliphatic heterocycles. The number of furan rings is 1. The fraction of sp³-hybridized carbons (Fsp3) is 0.0270. The normalized spacial score (nSPS) is 11.9. The first kappa shape index (κ1) is 29.9. The summed E-state index contributed by atoms with van der Waals surface area (Å²) in [5.41, 5.74) is -0.643. The Morgan fingerprint density at radius 1 is 0.511 bits per heavy atom. The van der Waals surface area contributed by atoms with Crippen LogP contribution in [-0.4, -0.2) is 13.9 Å². The Morgan fingerprint density at radius 2 is 1.02 bits per heavy atom. The molecule has 1 heterocycles. The average Bonchev–Trinajstić information content (AvgIpc) is 3.45. The molecule has 0 bridgehead atoms. The number of nitrogens with zero attached hydrogens (tertiary/aromatic N) is 2. The van der Waals surface area contributed by atoms with Gasteiger partial charge in [0.25, 0.3) is 0 Å². The van der Waals surface area contributed by atoms with Crippen molar-refractivity contribution in [3.05, 3.63) is 152 Å². The minimum atomic E-state index is -5.95. The van der Waals surface area contributed by atoms with Crippen molar-refractivity contribution in [2.24, 2.45) is 0 Å². The fourth-order valence-electron chi connectivity index (χ4n) is 5.54. The second kappa shape index (κ2) is 11.9. The van der Waals surface area contributed by atoms with Crippen molar-refractivity contribution < 1.29 is 30.2 Å². The van der Waals surface area contributed by atoms with Crippen LogP contribution in [0.1, 0.15) is 0 Å². The van der Waals surface area contributed by atoms with Gasteiger partial charge in [0.2, 0.25) is 0 Å². The van der Waals surface area contributed by atoms with E-state index in [4.69, 9.17) is 4.42 Å². The highest BCUT2D eigenvalue weighted by Crippen LogP contribution is 2.48. The van der Waals surface area contributed by atoms with E-state index in [0.717, 1.165) is 22.1 Å². The fourth-order valence-corrected chi connectivity index (χ4v) is 5.99. The number of rotatable bonds is 8. The first-order valence-corrected chi connectivity index (χ1v) is 15.9. The summed E-state index contributed by atoms with van der Waals surface area (Å²) in [6, 6.07) is 45.5. The second-order valence-electron chi connectivity index (χ2n) is 10.6. The Hall–Kier alpha value is -5.74. The van der Waals surface area contributed by atoms with E-state index in [-0.39, 0.29) is 0 Å². The van der Waals surface area contributed by atoms with E-state index in [0.29, 0.717) is 33.9 Å². The smallest absolute Gasteiger partial charge is 0.456 e. The van der Waals surface area contributed by atoms with Gasteiger partial charge in [-0.1, -0.05) is 72.8 Å². The number of para-hydroxylation sites is 4. The summed E-state index contributed by atoms with van der Waals surface area (Å²) in [6.45, 7) is 0. The molecule has 0 unspecified atom stereocenters. The van der Waals surface area contributed by atoms with E-state index in [9.17, 15) is 21.6 Å². The third kappa shape index (κ3) is 5.75. The Morgan fingerprint density at radius 3 is 1.60 bits per heavy atom. The lowest BCUT2D eigenvalue weighted by atomic mass is 10.1. The summed E-state index contributed by atoms with van der Waals surface area (Å²) >= 11 is 0. The van der Waals surface area contributed by atoms with Crippen molar-refractivity contribution in [1.29, 1.82) is 0 Å². The quantitative estimate of drug-likeness (QED) is 0.120. The van der Waals surface area contributed by atoms with Gasteiger partial charge >= 0.3 is 15.6 Å². The first-order valence-electron chi connectivity index (χ1n) is 14.5. The van der Waals surface area contributed by atoms with Crippen molar-refractivity contribution in [2.45, 2.75) is 5.51 Å². The van der Waals surface area contributed by atoms with Crippen LogP contribution < -0.4 is 14.0 Å². The van der Waals surface area contributed by atoms with Crippen LogP contribution in [-0.2, 0) is 10.1 Å². The summed E-state index contributed by atoms with van der Waals surface area (Å²) in [6.07, 6.45) is 0. The van der Waals surface area contributed by atoms with E-state index < -0.39 is 21.4 Å². The summed E-state index contributed by atoms with van der Waals surface area (Å²) in [7, 11) is -5.95. The highest BCUT2D eigenvalue weighted by atomic mass is 32.2. The van der Waals surface area contributed by atoms with Crippen molar-refractivity contribution in [3.8, 4) is 5.75 Å². The molecule has 0 saturated carbocycles. The zero-order valence-corrected chi connectivity index (χ0v) is 25.3. The van der Waals surface area contributed by atoms with E-state index >= 15 is 0 Å². The number of halogens is 3. The van der Waals surface area contributed by atoms with E-state index in [2.05, 4.69) is 4.18 Å². The van der Waals surface area contributed by atoms with Crippen molar-refractivity contribution >= 4 is 66.2 Å². The number of hydrogen-bond donors (Lipinski definition) is 0. The van der Waals surface area contributed by atoms with Crippen LogP contribution in [0.5, 0.6) is 5.75 Å². The molecule has 0 aliphatic carbocycles. The zero-order chi connectivity index (χ0) is 32.6. The molecular formula is C37H25F3N2O4S. The number of hydrogen-bond acceptors (Lipinski definition) is 6. The lowest BCUT2D eigenvalue weighted by Gasteiger charge is -2.33. The third-order valence-corrected chi connectivity index (χ3v) is 8.56. The maximum absolute atomic E-state index is 13.5. The van der Waals surface area contributed by atoms with Crippen molar-refractivity contribution in [2.75, 3.05) is 9.80 Å². The van der Waals surface area contributed by atoms with Gasteiger partial charge in [-0.25, -0.2) is 0 Å².